The van der Waals surface area contributed by atoms with Gasteiger partial charge < -0.3 is 23.7 Å². The summed E-state index contributed by atoms with van der Waals surface area (Å²) < 4.78 is 53.4. The molecule has 0 aliphatic carbocycles. The molecule has 12 heteroatoms. The van der Waals surface area contributed by atoms with E-state index in [-0.39, 0.29) is 23.7 Å². The number of carbonyl (C=O) groups excluding carboxylic acids is 1. The second kappa shape index (κ2) is 12.3. The lowest BCUT2D eigenvalue weighted by molar-refractivity contribution is -0.139. The van der Waals surface area contributed by atoms with E-state index in [2.05, 4.69) is 9.73 Å². The molecule has 2 heterocycles. The van der Waals surface area contributed by atoms with Gasteiger partial charge >= 0.3 is 12.6 Å². The van der Waals surface area contributed by atoms with Crippen molar-refractivity contribution in [1.29, 1.82) is 0 Å². The van der Waals surface area contributed by atoms with Crippen molar-refractivity contribution in [2.45, 2.75) is 33.4 Å². The largest absolute Gasteiger partial charge is 0.493 e. The number of thiazole rings is 1. The van der Waals surface area contributed by atoms with Crippen LogP contribution in [0.25, 0.3) is 6.08 Å². The zero-order chi connectivity index (χ0) is 29.0. The van der Waals surface area contributed by atoms with Crippen molar-refractivity contribution in [3.8, 4) is 23.0 Å². The summed E-state index contributed by atoms with van der Waals surface area (Å²) in [6, 6.07) is 8.71. The number of rotatable bonds is 10. The molecular formula is C28H28F2N2O7S. The Bertz CT molecular complexity index is 1630. The lowest BCUT2D eigenvalue weighted by Crippen LogP contribution is -2.40. The van der Waals surface area contributed by atoms with E-state index in [1.165, 1.54) is 37.0 Å². The van der Waals surface area contributed by atoms with E-state index in [0.29, 0.717) is 44.3 Å². The molecule has 212 valence electrons. The van der Waals surface area contributed by atoms with E-state index in [1.54, 1.807) is 38.1 Å². The van der Waals surface area contributed by atoms with Crippen molar-refractivity contribution in [1.82, 2.24) is 4.57 Å². The molecule has 0 unspecified atom stereocenters. The zero-order valence-corrected chi connectivity index (χ0v) is 23.3. The minimum absolute atomic E-state index is 0.0850. The van der Waals surface area contributed by atoms with Crippen molar-refractivity contribution in [3.63, 3.8) is 0 Å². The third-order valence-electron chi connectivity index (χ3n) is 6.02. The van der Waals surface area contributed by atoms with Crippen LogP contribution in [0.5, 0.6) is 23.0 Å². The molecule has 1 aliphatic rings. The van der Waals surface area contributed by atoms with Gasteiger partial charge in [-0.1, -0.05) is 23.5 Å². The van der Waals surface area contributed by atoms with E-state index in [0.717, 1.165) is 11.3 Å². The Labute approximate surface area is 232 Å². The number of nitrogens with zero attached hydrogens (tertiary/aromatic N) is 2. The van der Waals surface area contributed by atoms with E-state index in [9.17, 15) is 18.4 Å². The van der Waals surface area contributed by atoms with Crippen LogP contribution in [-0.2, 0) is 9.53 Å². The molecule has 3 aromatic rings. The predicted octanol–water partition coefficient (Wildman–Crippen LogP) is 3.82. The average molecular weight is 575 g/mol. The minimum atomic E-state index is -3.01. The smallest absolute Gasteiger partial charge is 0.387 e. The highest BCUT2D eigenvalue weighted by atomic mass is 32.1. The Morgan fingerprint density at radius 2 is 1.77 bits per heavy atom. The van der Waals surface area contributed by atoms with Gasteiger partial charge in [-0.2, -0.15) is 8.78 Å². The van der Waals surface area contributed by atoms with Crippen LogP contribution in [0.1, 0.15) is 37.9 Å². The van der Waals surface area contributed by atoms with Gasteiger partial charge in [0.15, 0.2) is 27.8 Å². The van der Waals surface area contributed by atoms with Gasteiger partial charge in [0.05, 0.1) is 49.3 Å². The van der Waals surface area contributed by atoms with E-state index in [4.69, 9.17) is 18.9 Å². The first-order valence-electron chi connectivity index (χ1n) is 12.4. The van der Waals surface area contributed by atoms with Gasteiger partial charge in [0.25, 0.3) is 5.56 Å². The Hall–Kier alpha value is -4.19. The van der Waals surface area contributed by atoms with Gasteiger partial charge in [-0.25, -0.2) is 9.79 Å². The van der Waals surface area contributed by atoms with Gasteiger partial charge in [-0.3, -0.25) is 9.36 Å². The van der Waals surface area contributed by atoms with Gasteiger partial charge in [0.1, 0.15) is 0 Å². The number of halogens is 2. The molecule has 0 saturated heterocycles. The average Bonchev–Trinajstić information content (AvgIpc) is 3.22. The third kappa shape index (κ3) is 5.71. The molecule has 0 bridgehead atoms. The van der Waals surface area contributed by atoms with Crippen LogP contribution < -0.4 is 33.8 Å². The summed E-state index contributed by atoms with van der Waals surface area (Å²) in [7, 11) is 2.85. The van der Waals surface area contributed by atoms with Gasteiger partial charge in [-0.05, 0) is 62.2 Å². The van der Waals surface area contributed by atoms with Gasteiger partial charge in [0, 0.05) is 0 Å². The highest BCUT2D eigenvalue weighted by molar-refractivity contribution is 7.07. The number of hydrogen-bond donors (Lipinski definition) is 0. The molecule has 0 fully saturated rings. The second-order valence-electron chi connectivity index (χ2n) is 8.43. The van der Waals surface area contributed by atoms with Crippen LogP contribution in [0.15, 0.2) is 57.5 Å². The van der Waals surface area contributed by atoms with Crippen molar-refractivity contribution in [3.05, 3.63) is 78.5 Å². The molecule has 0 N–H and O–H groups in total. The van der Waals surface area contributed by atoms with Crippen molar-refractivity contribution >= 4 is 23.4 Å². The minimum Gasteiger partial charge on any atom is -0.493 e. The topological polar surface area (TPSA) is 97.6 Å². The summed E-state index contributed by atoms with van der Waals surface area (Å²) in [5.41, 5.74) is 1.36. The fraction of sp³-hybridized carbons (Fsp3) is 0.321. The fourth-order valence-corrected chi connectivity index (χ4v) is 5.40. The summed E-state index contributed by atoms with van der Waals surface area (Å²) in [4.78, 5) is 31.9. The molecule has 1 aromatic heterocycles. The van der Waals surface area contributed by atoms with E-state index in [1.807, 2.05) is 6.92 Å². The van der Waals surface area contributed by atoms with Crippen molar-refractivity contribution in [2.24, 2.45) is 4.99 Å². The normalized spacial score (nSPS) is 15.0. The number of fused-ring (bicyclic) bond motifs is 1. The highest BCUT2D eigenvalue weighted by Gasteiger charge is 2.34. The fourth-order valence-electron chi connectivity index (χ4n) is 4.36. The summed E-state index contributed by atoms with van der Waals surface area (Å²) in [6.45, 7) is 2.74. The number of ether oxygens (including phenoxy) is 5. The number of carbonyl (C=O) groups is 1. The summed E-state index contributed by atoms with van der Waals surface area (Å²) in [5.74, 6) is 0.332. The maximum atomic E-state index is 13.8. The number of hydrogen-bond acceptors (Lipinski definition) is 9. The Morgan fingerprint density at radius 1 is 1.05 bits per heavy atom. The molecule has 4 rings (SSSR count). The first-order valence-corrected chi connectivity index (χ1v) is 13.2. The predicted molar refractivity (Wildman–Crippen MR) is 144 cm³/mol. The van der Waals surface area contributed by atoms with Crippen molar-refractivity contribution < 1.29 is 37.3 Å². The van der Waals surface area contributed by atoms with E-state index >= 15 is 0 Å². The zero-order valence-electron chi connectivity index (χ0n) is 22.5. The highest BCUT2D eigenvalue weighted by Crippen LogP contribution is 2.36. The molecule has 0 saturated carbocycles. The maximum absolute atomic E-state index is 13.8. The van der Waals surface area contributed by atoms with E-state index < -0.39 is 24.2 Å². The van der Waals surface area contributed by atoms with Crippen molar-refractivity contribution in [2.75, 3.05) is 27.4 Å². The quantitative estimate of drug-likeness (QED) is 0.340. The standard InChI is InChI=1S/C28H28F2N2O7S/c1-6-37-21-14-17(9-11-18(21)35-4)24-23(26(34)38-7-2)15(3)31-28-32(24)25(33)22(40-28)13-16-8-10-19(39-27(29)30)20(12-16)36-5/h8-14,24,27H,6-7H2,1-5H3/b22-13+/t24-/m1/s1. The summed E-state index contributed by atoms with van der Waals surface area (Å²) >= 11 is 1.13. The van der Waals surface area contributed by atoms with Crippen LogP contribution in [0.3, 0.4) is 0 Å². The molecule has 0 amide bonds. The first kappa shape index (κ1) is 28.8. The maximum Gasteiger partial charge on any atom is 0.387 e. The molecule has 0 spiro atoms. The SMILES string of the molecule is CCOC(=O)C1=C(C)N=c2s/c(=C/c3ccc(OC(F)F)c(OC)c3)c(=O)n2[C@@H]1c1ccc(OC)c(OCC)c1. The number of esters is 1. The van der Waals surface area contributed by atoms with Gasteiger partial charge in [0.2, 0.25) is 0 Å². The molecule has 1 aliphatic heterocycles. The molecular weight excluding hydrogens is 546 g/mol. The summed E-state index contributed by atoms with van der Waals surface area (Å²) in [6.07, 6.45) is 1.60. The van der Waals surface area contributed by atoms with Crippen LogP contribution in [0.4, 0.5) is 8.78 Å². The number of aromatic nitrogens is 1. The number of allylic oxidation sites excluding steroid dienone is 1. The monoisotopic (exact) mass is 574 g/mol. The number of benzene rings is 2. The number of alkyl halides is 2. The Kier molecular flexibility index (Phi) is 8.88. The molecule has 9 nitrogen and oxygen atoms in total. The van der Waals surface area contributed by atoms with Crippen LogP contribution >= 0.6 is 11.3 Å². The van der Waals surface area contributed by atoms with Crippen LogP contribution in [-0.4, -0.2) is 44.6 Å². The Balaban J connectivity index is 1.91. The third-order valence-corrected chi connectivity index (χ3v) is 7.00. The lowest BCUT2D eigenvalue weighted by atomic mass is 9.95. The molecule has 2 aromatic carbocycles. The number of methoxy groups -OCH3 is 2. The summed E-state index contributed by atoms with van der Waals surface area (Å²) in [5, 5.41) is 0. The van der Waals surface area contributed by atoms with Crippen LogP contribution in [0.2, 0.25) is 0 Å². The first-order chi connectivity index (χ1) is 19.2. The second-order valence-corrected chi connectivity index (χ2v) is 9.44. The van der Waals surface area contributed by atoms with Crippen LogP contribution in [0, 0.1) is 0 Å². The van der Waals surface area contributed by atoms with Gasteiger partial charge in [-0.15, -0.1) is 0 Å². The molecule has 40 heavy (non-hydrogen) atoms. The molecule has 0 radical (unpaired) electrons. The Morgan fingerprint density at radius 3 is 2.42 bits per heavy atom. The lowest BCUT2D eigenvalue weighted by Gasteiger charge is -2.25. The molecule has 1 atom stereocenters.